The van der Waals surface area contributed by atoms with Crippen molar-refractivity contribution in [3.8, 4) is 17.1 Å². The van der Waals surface area contributed by atoms with Crippen LogP contribution in [0.4, 0.5) is 0 Å². The fourth-order valence-electron chi connectivity index (χ4n) is 2.07. The van der Waals surface area contributed by atoms with Gasteiger partial charge in [0.15, 0.2) is 0 Å². The minimum Gasteiger partial charge on any atom is -0.497 e. The number of rotatable bonds is 2. The molecule has 0 saturated heterocycles. The van der Waals surface area contributed by atoms with Gasteiger partial charge >= 0.3 is 5.63 Å². The quantitative estimate of drug-likeness (QED) is 0.711. The lowest BCUT2D eigenvalue weighted by molar-refractivity contribution is 0.415. The Morgan fingerprint density at radius 3 is 2.36 bits per heavy atom. The number of hydrogen-bond donors (Lipinski definition) is 0. The van der Waals surface area contributed by atoms with Gasteiger partial charge in [0.05, 0.1) is 18.0 Å². The predicted octanol–water partition coefficient (Wildman–Crippen LogP) is 4.20. The molecular weight excluding hydrogens is 278 g/mol. The van der Waals surface area contributed by atoms with Crippen LogP contribution in [-0.2, 0) is 0 Å². The van der Waals surface area contributed by atoms with Crippen LogP contribution in [0.5, 0.6) is 5.75 Å². The van der Waals surface area contributed by atoms with Gasteiger partial charge in [-0.15, -0.1) is 0 Å². The van der Waals surface area contributed by atoms with Crippen molar-refractivity contribution in [3.05, 3.63) is 58.6 Å². The highest BCUT2D eigenvalue weighted by Crippen LogP contribution is 2.23. The van der Waals surface area contributed by atoms with Crippen LogP contribution >= 0.6 is 0 Å². The summed E-state index contributed by atoms with van der Waals surface area (Å²) in [5, 5.41) is 0.493. The molecule has 1 aromatic carbocycles. The maximum absolute atomic E-state index is 12.0. The summed E-state index contributed by atoms with van der Waals surface area (Å²) in [4.78, 5) is 16.3. The lowest BCUT2D eigenvalue weighted by atomic mass is 10.1. The molecule has 0 bridgehead atoms. The topological polar surface area (TPSA) is 52.3 Å². The van der Waals surface area contributed by atoms with Crippen LogP contribution in [0.1, 0.15) is 19.5 Å². The van der Waals surface area contributed by atoms with Gasteiger partial charge in [-0.1, -0.05) is 13.8 Å². The highest BCUT2D eigenvalue weighted by molar-refractivity contribution is 5.80. The molecule has 4 nitrogen and oxygen atoms in total. The second-order valence-corrected chi connectivity index (χ2v) is 4.51. The van der Waals surface area contributed by atoms with Crippen LogP contribution in [0.25, 0.3) is 22.2 Å². The van der Waals surface area contributed by atoms with Crippen molar-refractivity contribution in [1.29, 1.82) is 0 Å². The molecule has 0 aliphatic heterocycles. The van der Waals surface area contributed by atoms with Crippen molar-refractivity contribution in [2.24, 2.45) is 0 Å². The molecule has 0 unspecified atom stereocenters. The van der Waals surface area contributed by atoms with Gasteiger partial charge in [0, 0.05) is 17.3 Å². The molecule has 0 N–H and O–H groups in total. The number of ether oxygens (including phenoxy) is 1. The molecule has 2 heterocycles. The molecule has 3 rings (SSSR count). The van der Waals surface area contributed by atoms with Crippen LogP contribution in [0, 0.1) is 6.92 Å². The number of methoxy groups -OCH3 is 1. The summed E-state index contributed by atoms with van der Waals surface area (Å²) in [6.45, 7) is 5.89. The molecule has 0 atom stereocenters. The van der Waals surface area contributed by atoms with Crippen LogP contribution < -0.4 is 10.4 Å². The van der Waals surface area contributed by atoms with Crippen molar-refractivity contribution >= 4 is 10.9 Å². The molecule has 3 aromatic rings. The Morgan fingerprint density at radius 1 is 1.05 bits per heavy atom. The number of aromatic nitrogens is 1. The molecule has 0 amide bonds. The normalized spacial score (nSPS) is 10.0. The first-order valence-electron chi connectivity index (χ1n) is 7.23. The van der Waals surface area contributed by atoms with E-state index < -0.39 is 0 Å². The summed E-state index contributed by atoms with van der Waals surface area (Å²) < 4.78 is 10.5. The van der Waals surface area contributed by atoms with E-state index in [1.807, 2.05) is 45.0 Å². The fraction of sp³-hybridized carbons (Fsp3) is 0.222. The van der Waals surface area contributed by atoms with E-state index in [4.69, 9.17) is 9.15 Å². The van der Waals surface area contributed by atoms with Gasteiger partial charge in [-0.3, -0.25) is 4.98 Å². The Hall–Kier alpha value is -2.62. The minimum absolute atomic E-state index is 0.374. The molecule has 0 spiro atoms. The third kappa shape index (κ3) is 3.17. The van der Waals surface area contributed by atoms with E-state index in [-0.39, 0.29) is 5.63 Å². The van der Waals surface area contributed by atoms with E-state index in [0.717, 1.165) is 17.0 Å². The van der Waals surface area contributed by atoms with Gasteiger partial charge in [0.25, 0.3) is 0 Å². The summed E-state index contributed by atoms with van der Waals surface area (Å²) in [5.74, 6) is 1.26. The van der Waals surface area contributed by atoms with Gasteiger partial charge in [-0.25, -0.2) is 4.79 Å². The molecule has 2 aromatic heterocycles. The van der Waals surface area contributed by atoms with Gasteiger partial charge in [-0.05, 0) is 43.3 Å². The number of pyridine rings is 1. The minimum atomic E-state index is -0.374. The largest absolute Gasteiger partial charge is 0.497 e. The van der Waals surface area contributed by atoms with Crippen LogP contribution in [0.2, 0.25) is 0 Å². The summed E-state index contributed by atoms with van der Waals surface area (Å²) in [7, 11) is 1.61. The van der Waals surface area contributed by atoms with Crippen LogP contribution in [-0.4, -0.2) is 12.1 Å². The second kappa shape index (κ2) is 6.89. The van der Waals surface area contributed by atoms with E-state index >= 15 is 0 Å². The summed E-state index contributed by atoms with van der Waals surface area (Å²) in [6, 6.07) is 12.7. The molecule has 0 saturated carbocycles. The molecule has 0 aliphatic rings. The van der Waals surface area contributed by atoms with Gasteiger partial charge in [0.1, 0.15) is 11.5 Å². The van der Waals surface area contributed by atoms with Crippen molar-refractivity contribution in [2.75, 3.05) is 7.11 Å². The van der Waals surface area contributed by atoms with Gasteiger partial charge < -0.3 is 9.15 Å². The number of aryl methyl sites for hydroxylation is 1. The third-order valence-electron chi connectivity index (χ3n) is 3.13. The zero-order chi connectivity index (χ0) is 16.1. The zero-order valence-corrected chi connectivity index (χ0v) is 13.2. The zero-order valence-electron chi connectivity index (χ0n) is 13.2. The Balaban J connectivity index is 0.000000847. The smallest absolute Gasteiger partial charge is 0.345 e. The van der Waals surface area contributed by atoms with Crippen molar-refractivity contribution in [2.45, 2.75) is 20.8 Å². The first-order valence-corrected chi connectivity index (χ1v) is 7.23. The van der Waals surface area contributed by atoms with Gasteiger partial charge in [-0.2, -0.15) is 0 Å². The first kappa shape index (κ1) is 15.8. The van der Waals surface area contributed by atoms with Crippen LogP contribution in [0.15, 0.2) is 51.7 Å². The third-order valence-corrected chi connectivity index (χ3v) is 3.13. The Bertz CT molecular complexity index is 820. The monoisotopic (exact) mass is 297 g/mol. The van der Waals surface area contributed by atoms with Crippen molar-refractivity contribution < 1.29 is 9.15 Å². The maximum Gasteiger partial charge on any atom is 0.345 e. The Morgan fingerprint density at radius 2 is 1.73 bits per heavy atom. The average Bonchev–Trinajstić information content (AvgIpc) is 2.56. The molecular formula is C18H19NO3. The number of nitrogens with zero attached hydrogens (tertiary/aromatic N) is 1. The number of hydrogen-bond acceptors (Lipinski definition) is 4. The summed E-state index contributed by atoms with van der Waals surface area (Å²) >= 11 is 0. The van der Waals surface area contributed by atoms with E-state index in [1.54, 1.807) is 25.3 Å². The highest BCUT2D eigenvalue weighted by atomic mass is 16.5. The van der Waals surface area contributed by atoms with Gasteiger partial charge in [0.2, 0.25) is 0 Å². The second-order valence-electron chi connectivity index (χ2n) is 4.51. The first-order chi connectivity index (χ1) is 10.7. The number of benzene rings is 1. The lowest BCUT2D eigenvalue weighted by Crippen LogP contribution is -2.01. The van der Waals surface area contributed by atoms with Crippen molar-refractivity contribution in [3.63, 3.8) is 0 Å². The standard InChI is InChI=1S/C16H13NO3.C2H6/c1-10-3-8-13-14(17-10)9-15(20-16(13)18)11-4-6-12(19-2)7-5-11;1-2/h3-9H,1-2H3;1-2H3. The molecule has 114 valence electrons. The van der Waals surface area contributed by atoms with Crippen molar-refractivity contribution in [1.82, 2.24) is 4.98 Å². The lowest BCUT2D eigenvalue weighted by Gasteiger charge is -2.04. The molecule has 0 fully saturated rings. The molecule has 4 heteroatoms. The van der Waals surface area contributed by atoms with E-state index in [2.05, 4.69) is 4.98 Å². The summed E-state index contributed by atoms with van der Waals surface area (Å²) in [5.41, 5.74) is 1.95. The van der Waals surface area contributed by atoms with E-state index in [1.165, 1.54) is 0 Å². The number of fused-ring (bicyclic) bond motifs is 1. The Kier molecular flexibility index (Phi) is 4.94. The average molecular weight is 297 g/mol. The predicted molar refractivity (Wildman–Crippen MR) is 88.4 cm³/mol. The molecule has 0 radical (unpaired) electrons. The summed E-state index contributed by atoms with van der Waals surface area (Å²) in [6.07, 6.45) is 0. The molecule has 0 aliphatic carbocycles. The SMILES string of the molecule is CC.COc1ccc(-c2cc3nc(C)ccc3c(=O)o2)cc1. The highest BCUT2D eigenvalue weighted by Gasteiger charge is 2.08. The van der Waals surface area contributed by atoms with E-state index in [9.17, 15) is 4.79 Å². The molecule has 22 heavy (non-hydrogen) atoms. The maximum atomic E-state index is 12.0. The Labute approximate surface area is 129 Å². The fourth-order valence-corrected chi connectivity index (χ4v) is 2.07. The van der Waals surface area contributed by atoms with Crippen LogP contribution in [0.3, 0.4) is 0 Å². The van der Waals surface area contributed by atoms with E-state index in [0.29, 0.717) is 16.7 Å².